The fraction of sp³-hybridized carbons (Fsp3) is 0.417. The van der Waals surface area contributed by atoms with E-state index in [9.17, 15) is 14.4 Å². The van der Waals surface area contributed by atoms with Crippen molar-refractivity contribution < 1.29 is 42.8 Å². The molecule has 13 nitrogen and oxygen atoms in total. The molecular formula is C36H48N4O9. The molecule has 0 atom stereocenters. The lowest BCUT2D eigenvalue weighted by Crippen LogP contribution is -2.43. The Morgan fingerprint density at radius 1 is 0.429 bits per heavy atom. The first-order chi connectivity index (χ1) is 23.7. The maximum atomic E-state index is 12.8. The van der Waals surface area contributed by atoms with E-state index in [2.05, 4.69) is 20.9 Å². The van der Waals surface area contributed by atoms with Crippen molar-refractivity contribution in [2.24, 2.45) is 0 Å². The molecule has 3 aromatic carbocycles. The quantitative estimate of drug-likeness (QED) is 0.153. The van der Waals surface area contributed by atoms with Gasteiger partial charge in [-0.2, -0.15) is 0 Å². The van der Waals surface area contributed by atoms with E-state index in [1.165, 1.54) is 0 Å². The highest BCUT2D eigenvalue weighted by molar-refractivity contribution is 5.80. The third kappa shape index (κ3) is 13.5. The number of benzene rings is 3. The normalized spacial score (nSPS) is 10.6. The van der Waals surface area contributed by atoms with Gasteiger partial charge in [-0.05, 0) is 53.1 Å². The molecule has 0 unspecified atom stereocenters. The summed E-state index contributed by atoms with van der Waals surface area (Å²) in [6.07, 6.45) is 0.470. The van der Waals surface area contributed by atoms with E-state index in [0.29, 0.717) is 73.8 Å². The minimum absolute atomic E-state index is 0.153. The second kappa shape index (κ2) is 20.3. The molecule has 0 aliphatic rings. The lowest BCUT2D eigenvalue weighted by atomic mass is 10.1. The molecule has 0 aromatic heterocycles. The number of hydrogen-bond donors (Lipinski definition) is 3. The Bertz CT molecular complexity index is 1290. The number of nitrogens with zero attached hydrogens (tertiary/aromatic N) is 1. The molecule has 0 fully saturated rings. The number of carbonyl (C=O) groups is 3. The van der Waals surface area contributed by atoms with Crippen LogP contribution in [0.1, 0.15) is 16.7 Å². The summed E-state index contributed by atoms with van der Waals surface area (Å²) in [7, 11) is 9.36. The van der Waals surface area contributed by atoms with E-state index >= 15 is 0 Å². The molecule has 0 aliphatic heterocycles. The number of methoxy groups -OCH3 is 6. The smallest absolute Gasteiger partial charge is 0.224 e. The molecule has 0 spiro atoms. The summed E-state index contributed by atoms with van der Waals surface area (Å²) in [6.45, 7) is 2.61. The number of nitrogens with one attached hydrogen (secondary N) is 3. The molecule has 0 heterocycles. The molecule has 49 heavy (non-hydrogen) atoms. The van der Waals surface area contributed by atoms with Crippen molar-refractivity contribution in [3.8, 4) is 34.5 Å². The lowest BCUT2D eigenvalue weighted by Gasteiger charge is -2.23. The van der Waals surface area contributed by atoms with Gasteiger partial charge in [0.2, 0.25) is 17.7 Å². The van der Waals surface area contributed by atoms with Gasteiger partial charge < -0.3 is 44.4 Å². The maximum Gasteiger partial charge on any atom is 0.224 e. The minimum Gasteiger partial charge on any atom is -0.497 e. The van der Waals surface area contributed by atoms with Crippen LogP contribution in [0.4, 0.5) is 0 Å². The van der Waals surface area contributed by atoms with Crippen LogP contribution in [0.3, 0.4) is 0 Å². The number of ether oxygens (including phenoxy) is 6. The van der Waals surface area contributed by atoms with Crippen molar-refractivity contribution in [3.05, 3.63) is 71.3 Å². The first-order valence-corrected chi connectivity index (χ1v) is 15.9. The van der Waals surface area contributed by atoms with Gasteiger partial charge in [0.05, 0.1) is 61.9 Å². The summed E-state index contributed by atoms with van der Waals surface area (Å²) in [5.74, 6) is 3.17. The van der Waals surface area contributed by atoms with Crippen LogP contribution in [0.2, 0.25) is 0 Å². The molecule has 3 amide bonds. The Labute approximate surface area is 288 Å². The molecule has 0 radical (unpaired) electrons. The van der Waals surface area contributed by atoms with Crippen LogP contribution in [0.15, 0.2) is 54.6 Å². The van der Waals surface area contributed by atoms with Crippen molar-refractivity contribution in [1.29, 1.82) is 0 Å². The molecule has 0 saturated heterocycles. The van der Waals surface area contributed by atoms with Gasteiger partial charge in [-0.15, -0.1) is 0 Å². The zero-order chi connectivity index (χ0) is 35.6. The number of hydrogen-bond acceptors (Lipinski definition) is 10. The zero-order valence-corrected chi connectivity index (χ0v) is 29.2. The van der Waals surface area contributed by atoms with Gasteiger partial charge >= 0.3 is 0 Å². The van der Waals surface area contributed by atoms with Gasteiger partial charge in [-0.1, -0.05) is 0 Å². The lowest BCUT2D eigenvalue weighted by molar-refractivity contribution is -0.121. The molecule has 266 valence electrons. The Hall–Kier alpha value is -5.17. The number of amides is 3. The molecule has 13 heteroatoms. The minimum atomic E-state index is -0.153. The monoisotopic (exact) mass is 680 g/mol. The standard InChI is InChI=1S/C36H48N4O9/c1-44-28-13-25(14-29(22-28)45-2)19-34(41)37-7-10-40(11-8-38-35(42)20-26-15-30(46-3)23-31(16-26)47-4)12-9-39-36(43)21-27-17-32(48-5)24-33(18-27)49-6/h13-18,22-24H,7-12,19-21H2,1-6H3,(H,37,41)(H,38,42)(H,39,43). The Kier molecular flexibility index (Phi) is 15.8. The van der Waals surface area contributed by atoms with Crippen molar-refractivity contribution in [2.45, 2.75) is 19.3 Å². The summed E-state index contributed by atoms with van der Waals surface area (Å²) in [5.41, 5.74) is 2.29. The van der Waals surface area contributed by atoms with Crippen LogP contribution in [0.5, 0.6) is 34.5 Å². The van der Waals surface area contributed by atoms with Crippen LogP contribution >= 0.6 is 0 Å². The second-order valence-corrected chi connectivity index (χ2v) is 11.1. The first-order valence-electron chi connectivity index (χ1n) is 15.9. The van der Waals surface area contributed by atoms with Gasteiger partial charge in [0.15, 0.2) is 0 Å². The van der Waals surface area contributed by atoms with E-state index < -0.39 is 0 Å². The first kappa shape index (κ1) is 38.3. The number of carbonyl (C=O) groups excluding carboxylic acids is 3. The van der Waals surface area contributed by atoms with Crippen LogP contribution in [-0.4, -0.2) is 105 Å². The summed E-state index contributed by atoms with van der Waals surface area (Å²) in [4.78, 5) is 40.4. The Balaban J connectivity index is 1.55. The second-order valence-electron chi connectivity index (χ2n) is 11.1. The molecule has 3 rings (SSSR count). The van der Waals surface area contributed by atoms with Gasteiger partial charge in [0.1, 0.15) is 34.5 Å². The molecular weight excluding hydrogens is 632 g/mol. The Morgan fingerprint density at radius 2 is 0.653 bits per heavy atom. The number of rotatable bonds is 21. The predicted octanol–water partition coefficient (Wildman–Crippen LogP) is 2.42. The topological polar surface area (TPSA) is 146 Å². The molecule has 0 bridgehead atoms. The van der Waals surface area contributed by atoms with Gasteiger partial charge in [0.25, 0.3) is 0 Å². The summed E-state index contributed by atoms with van der Waals surface area (Å²) in [5, 5.41) is 8.88. The van der Waals surface area contributed by atoms with E-state index in [0.717, 1.165) is 16.7 Å². The van der Waals surface area contributed by atoms with Crippen molar-refractivity contribution in [3.63, 3.8) is 0 Å². The summed E-state index contributed by atoms with van der Waals surface area (Å²) < 4.78 is 31.8. The third-order valence-electron chi connectivity index (χ3n) is 7.58. The molecule has 3 N–H and O–H groups in total. The zero-order valence-electron chi connectivity index (χ0n) is 29.2. The van der Waals surface area contributed by atoms with E-state index in [-0.39, 0.29) is 37.0 Å². The van der Waals surface area contributed by atoms with Crippen molar-refractivity contribution >= 4 is 17.7 Å². The maximum absolute atomic E-state index is 12.8. The van der Waals surface area contributed by atoms with Crippen LogP contribution in [0.25, 0.3) is 0 Å². The van der Waals surface area contributed by atoms with E-state index in [1.807, 2.05) is 0 Å². The SMILES string of the molecule is COc1cc(CC(=O)NCCN(CCNC(=O)Cc2cc(OC)cc(OC)c2)CCNC(=O)Cc2cc(OC)cc(OC)c2)cc(OC)c1. The highest BCUT2D eigenvalue weighted by Crippen LogP contribution is 2.24. The fourth-order valence-electron chi connectivity index (χ4n) is 5.04. The highest BCUT2D eigenvalue weighted by atomic mass is 16.5. The molecule has 3 aromatic rings. The van der Waals surface area contributed by atoms with Gasteiger partial charge in [-0.3, -0.25) is 19.3 Å². The van der Waals surface area contributed by atoms with Gasteiger partial charge in [0, 0.05) is 57.5 Å². The Morgan fingerprint density at radius 3 is 0.857 bits per heavy atom. The van der Waals surface area contributed by atoms with Crippen LogP contribution in [-0.2, 0) is 33.6 Å². The average molecular weight is 681 g/mol. The van der Waals surface area contributed by atoms with E-state index in [4.69, 9.17) is 28.4 Å². The summed E-state index contributed by atoms with van der Waals surface area (Å²) in [6, 6.07) is 16.0. The largest absolute Gasteiger partial charge is 0.497 e. The third-order valence-corrected chi connectivity index (χ3v) is 7.58. The van der Waals surface area contributed by atoms with Crippen LogP contribution in [0, 0.1) is 0 Å². The molecule has 0 aliphatic carbocycles. The average Bonchev–Trinajstić information content (AvgIpc) is 3.10. The molecule has 0 saturated carbocycles. The van der Waals surface area contributed by atoms with E-state index in [1.54, 1.807) is 97.3 Å². The van der Waals surface area contributed by atoms with Crippen LogP contribution < -0.4 is 44.4 Å². The van der Waals surface area contributed by atoms with Crippen molar-refractivity contribution in [2.75, 3.05) is 81.9 Å². The summed E-state index contributed by atoms with van der Waals surface area (Å²) >= 11 is 0. The van der Waals surface area contributed by atoms with Gasteiger partial charge in [-0.25, -0.2) is 0 Å². The highest BCUT2D eigenvalue weighted by Gasteiger charge is 2.13. The fourth-order valence-corrected chi connectivity index (χ4v) is 5.04. The predicted molar refractivity (Wildman–Crippen MR) is 185 cm³/mol. The van der Waals surface area contributed by atoms with Crippen molar-refractivity contribution in [1.82, 2.24) is 20.9 Å².